The van der Waals surface area contributed by atoms with Crippen molar-refractivity contribution in [3.8, 4) is 11.5 Å². The van der Waals surface area contributed by atoms with Gasteiger partial charge in [0.2, 0.25) is 11.2 Å². The van der Waals surface area contributed by atoms with Crippen LogP contribution in [-0.2, 0) is 0 Å². The lowest BCUT2D eigenvalue weighted by Crippen LogP contribution is -1.99. The third-order valence-corrected chi connectivity index (χ3v) is 3.12. The summed E-state index contributed by atoms with van der Waals surface area (Å²) in [6, 6.07) is 6.14. The third kappa shape index (κ3) is 1.61. The highest BCUT2D eigenvalue weighted by atomic mass is 35.5. The van der Waals surface area contributed by atoms with Gasteiger partial charge >= 0.3 is 0 Å². The maximum Gasteiger partial charge on any atom is 0.228 e. The van der Waals surface area contributed by atoms with E-state index in [0.717, 1.165) is 16.6 Å². The number of rotatable bonds is 2. The molecular formula is C13H12ClN3O. The zero-order valence-electron chi connectivity index (χ0n) is 10.1. The number of fused-ring (bicyclic) bond motifs is 1. The molecule has 0 spiro atoms. The van der Waals surface area contributed by atoms with Crippen LogP contribution in [0.25, 0.3) is 22.5 Å². The monoisotopic (exact) mass is 261 g/mol. The summed E-state index contributed by atoms with van der Waals surface area (Å²) < 4.78 is 7.32. The van der Waals surface area contributed by atoms with E-state index >= 15 is 0 Å². The zero-order chi connectivity index (χ0) is 12.7. The fourth-order valence-corrected chi connectivity index (χ4v) is 2.48. The highest BCUT2D eigenvalue weighted by Crippen LogP contribution is 2.31. The molecule has 4 nitrogen and oxygen atoms in total. The molecule has 0 aliphatic heterocycles. The summed E-state index contributed by atoms with van der Waals surface area (Å²) in [5, 5.41) is 0.485. The Kier molecular flexibility index (Phi) is 2.59. The van der Waals surface area contributed by atoms with Gasteiger partial charge in [-0.15, -0.1) is 0 Å². The average molecular weight is 262 g/mol. The van der Waals surface area contributed by atoms with E-state index in [1.807, 2.05) is 22.8 Å². The van der Waals surface area contributed by atoms with Gasteiger partial charge in [0.05, 0.1) is 17.3 Å². The summed E-state index contributed by atoms with van der Waals surface area (Å²) in [6.07, 6.45) is 3.17. The van der Waals surface area contributed by atoms with E-state index in [0.29, 0.717) is 11.2 Å². The van der Waals surface area contributed by atoms with E-state index < -0.39 is 0 Å². The van der Waals surface area contributed by atoms with Crippen LogP contribution >= 0.6 is 11.6 Å². The fourth-order valence-electron chi connectivity index (χ4n) is 2.11. The highest BCUT2D eigenvalue weighted by Gasteiger charge is 2.16. The summed E-state index contributed by atoms with van der Waals surface area (Å²) >= 11 is 6.20. The van der Waals surface area contributed by atoms with Crippen LogP contribution in [0.4, 0.5) is 0 Å². The second kappa shape index (κ2) is 4.14. The van der Waals surface area contributed by atoms with E-state index in [9.17, 15) is 0 Å². The minimum Gasteiger partial charge on any atom is -0.444 e. The minimum absolute atomic E-state index is 0.252. The molecule has 5 heteroatoms. The Morgan fingerprint density at radius 3 is 2.83 bits per heavy atom. The Morgan fingerprint density at radius 2 is 2.17 bits per heavy atom. The molecule has 0 N–H and O–H groups in total. The van der Waals surface area contributed by atoms with E-state index in [1.54, 1.807) is 12.5 Å². The Balaban J connectivity index is 2.33. The SMILES string of the molecule is CC(C)n1c(Cl)nc2c(-c3ncco3)cccc21. The molecule has 0 radical (unpaired) electrons. The van der Waals surface area contributed by atoms with Crippen molar-refractivity contribution >= 4 is 22.6 Å². The quantitative estimate of drug-likeness (QED) is 0.702. The van der Waals surface area contributed by atoms with E-state index in [-0.39, 0.29) is 6.04 Å². The van der Waals surface area contributed by atoms with Crippen molar-refractivity contribution < 1.29 is 4.42 Å². The average Bonchev–Trinajstić information content (AvgIpc) is 2.93. The number of halogens is 1. The van der Waals surface area contributed by atoms with Crippen LogP contribution in [0.5, 0.6) is 0 Å². The third-order valence-electron chi connectivity index (χ3n) is 2.86. The Morgan fingerprint density at radius 1 is 1.33 bits per heavy atom. The van der Waals surface area contributed by atoms with Crippen LogP contribution in [0, 0.1) is 0 Å². The van der Waals surface area contributed by atoms with Crippen LogP contribution in [-0.4, -0.2) is 14.5 Å². The van der Waals surface area contributed by atoms with Crippen molar-refractivity contribution in [3.05, 3.63) is 35.9 Å². The summed E-state index contributed by atoms with van der Waals surface area (Å²) in [5.41, 5.74) is 2.67. The second-order valence-electron chi connectivity index (χ2n) is 4.36. The largest absolute Gasteiger partial charge is 0.444 e. The number of nitrogens with zero attached hydrogens (tertiary/aromatic N) is 3. The maximum absolute atomic E-state index is 6.20. The first-order valence-corrected chi connectivity index (χ1v) is 6.12. The standard InChI is InChI=1S/C13H12ClN3O/c1-8(2)17-10-5-3-4-9(11(10)16-13(17)14)12-15-6-7-18-12/h3-8H,1-2H3. The Hall–Kier alpha value is -1.81. The molecular weight excluding hydrogens is 250 g/mol. The summed E-state index contributed by atoms with van der Waals surface area (Å²) in [7, 11) is 0. The Bertz CT molecular complexity index is 686. The molecule has 0 saturated heterocycles. The van der Waals surface area contributed by atoms with Crippen molar-refractivity contribution in [3.63, 3.8) is 0 Å². The molecule has 2 heterocycles. The first-order chi connectivity index (χ1) is 8.68. The van der Waals surface area contributed by atoms with Gasteiger partial charge in [0, 0.05) is 6.04 Å². The van der Waals surface area contributed by atoms with Gasteiger partial charge in [-0.2, -0.15) is 0 Å². The molecule has 3 rings (SSSR count). The first kappa shape index (κ1) is 11.3. The van der Waals surface area contributed by atoms with Gasteiger partial charge in [0.25, 0.3) is 0 Å². The van der Waals surface area contributed by atoms with Crippen LogP contribution in [0.15, 0.2) is 35.1 Å². The molecule has 0 aliphatic rings. The molecule has 2 aromatic heterocycles. The van der Waals surface area contributed by atoms with E-state index in [1.165, 1.54) is 0 Å². The molecule has 0 aliphatic carbocycles. The molecule has 0 bridgehead atoms. The van der Waals surface area contributed by atoms with Gasteiger partial charge in [0.15, 0.2) is 0 Å². The number of hydrogen-bond donors (Lipinski definition) is 0. The van der Waals surface area contributed by atoms with Gasteiger partial charge in [-0.05, 0) is 37.6 Å². The van der Waals surface area contributed by atoms with Gasteiger partial charge in [0.1, 0.15) is 11.8 Å². The summed E-state index contributed by atoms with van der Waals surface area (Å²) in [4.78, 5) is 8.58. The normalized spacial score (nSPS) is 11.6. The molecule has 0 saturated carbocycles. The molecule has 1 aromatic carbocycles. The predicted octanol–water partition coefficient (Wildman–Crippen LogP) is 3.93. The van der Waals surface area contributed by atoms with Gasteiger partial charge < -0.3 is 8.98 Å². The second-order valence-corrected chi connectivity index (χ2v) is 4.69. The number of hydrogen-bond acceptors (Lipinski definition) is 3. The number of aromatic nitrogens is 3. The smallest absolute Gasteiger partial charge is 0.228 e. The van der Waals surface area contributed by atoms with Crippen molar-refractivity contribution in [1.82, 2.24) is 14.5 Å². The molecule has 0 atom stereocenters. The summed E-state index contributed by atoms with van der Waals surface area (Å²) in [6.45, 7) is 4.15. The molecule has 3 aromatic rings. The van der Waals surface area contributed by atoms with Gasteiger partial charge in [-0.1, -0.05) is 6.07 Å². The predicted molar refractivity (Wildman–Crippen MR) is 70.6 cm³/mol. The zero-order valence-corrected chi connectivity index (χ0v) is 10.8. The molecule has 0 unspecified atom stereocenters. The topological polar surface area (TPSA) is 43.9 Å². The van der Waals surface area contributed by atoms with Gasteiger partial charge in [-0.25, -0.2) is 9.97 Å². The Labute approximate surface area is 109 Å². The summed E-state index contributed by atoms with van der Waals surface area (Å²) in [5.74, 6) is 0.561. The van der Waals surface area contributed by atoms with Crippen molar-refractivity contribution in [1.29, 1.82) is 0 Å². The number of oxazole rings is 1. The maximum atomic E-state index is 6.20. The minimum atomic E-state index is 0.252. The molecule has 0 amide bonds. The first-order valence-electron chi connectivity index (χ1n) is 5.75. The van der Waals surface area contributed by atoms with Crippen LogP contribution in [0.2, 0.25) is 5.28 Å². The molecule has 92 valence electrons. The number of imidazole rings is 1. The van der Waals surface area contributed by atoms with E-state index in [2.05, 4.69) is 23.8 Å². The van der Waals surface area contributed by atoms with Crippen LogP contribution in [0.1, 0.15) is 19.9 Å². The number of benzene rings is 1. The van der Waals surface area contributed by atoms with E-state index in [4.69, 9.17) is 16.0 Å². The lowest BCUT2D eigenvalue weighted by Gasteiger charge is -2.09. The fraction of sp³-hybridized carbons (Fsp3) is 0.231. The highest BCUT2D eigenvalue weighted by molar-refractivity contribution is 6.29. The van der Waals surface area contributed by atoms with Crippen molar-refractivity contribution in [2.45, 2.75) is 19.9 Å². The van der Waals surface area contributed by atoms with Crippen molar-refractivity contribution in [2.75, 3.05) is 0 Å². The molecule has 0 fully saturated rings. The lowest BCUT2D eigenvalue weighted by atomic mass is 10.2. The van der Waals surface area contributed by atoms with Crippen molar-refractivity contribution in [2.24, 2.45) is 0 Å². The van der Waals surface area contributed by atoms with Crippen LogP contribution in [0.3, 0.4) is 0 Å². The molecule has 18 heavy (non-hydrogen) atoms. The number of para-hydroxylation sites is 1. The van der Waals surface area contributed by atoms with Crippen LogP contribution < -0.4 is 0 Å². The van der Waals surface area contributed by atoms with Gasteiger partial charge in [-0.3, -0.25) is 0 Å². The lowest BCUT2D eigenvalue weighted by molar-refractivity contribution is 0.575.